The molecule has 148 valence electrons. The van der Waals surface area contributed by atoms with Gasteiger partial charge in [-0.15, -0.1) is 0 Å². The van der Waals surface area contributed by atoms with Crippen molar-refractivity contribution >= 4 is 102 Å². The maximum atomic E-state index is 12.7. The maximum absolute atomic E-state index is 12.7. The summed E-state index contributed by atoms with van der Waals surface area (Å²) in [6.45, 7) is 0. The molecule has 30 heavy (non-hydrogen) atoms. The zero-order chi connectivity index (χ0) is 20.4. The van der Waals surface area contributed by atoms with Crippen LogP contribution in [-0.2, 0) is 20.2 Å². The summed E-state index contributed by atoms with van der Waals surface area (Å²) in [7, 11) is -9.03. The first-order valence-electron chi connectivity index (χ1n) is 7.57. The van der Waals surface area contributed by atoms with Gasteiger partial charge in [0.05, 0.1) is 21.2 Å². The van der Waals surface area contributed by atoms with Crippen molar-refractivity contribution in [2.75, 3.05) is 10.6 Å². The molecule has 2 heterocycles. The first-order valence-corrected chi connectivity index (χ1v) is 10.5. The molecule has 0 bridgehead atoms. The van der Waals surface area contributed by atoms with Gasteiger partial charge in [0.15, 0.2) is 0 Å². The van der Waals surface area contributed by atoms with Gasteiger partial charge < -0.3 is 10.6 Å². The van der Waals surface area contributed by atoms with E-state index in [1.54, 1.807) is 0 Å². The third-order valence-electron chi connectivity index (χ3n) is 4.29. The van der Waals surface area contributed by atoms with Gasteiger partial charge in [0, 0.05) is 11.1 Å². The summed E-state index contributed by atoms with van der Waals surface area (Å²) in [6.07, 6.45) is 0. The van der Waals surface area contributed by atoms with Crippen molar-refractivity contribution in [3.63, 3.8) is 0 Å². The standard InChI is InChI=1S/C16H10N2O8S2.2Na.2H/c19-15-9-5-7(27(21,22)23)1-3-11(9)17-13(15)14-16(20)10-6-8(28(24,25)26)2-4-12(10)18-14;;;;/h1-6,17-18H,(H,21,22,23)(H,24,25,26);;;;/b14-13+;;;;. The van der Waals surface area contributed by atoms with Gasteiger partial charge in [0.25, 0.3) is 20.2 Å². The topological polar surface area (TPSA) is 167 Å². The second-order valence-corrected chi connectivity index (χ2v) is 8.87. The molecule has 2 aliphatic rings. The number of rotatable bonds is 2. The number of allylic oxidation sites excluding steroid dienone is 2. The number of fused-ring (bicyclic) bond motifs is 2. The zero-order valence-electron chi connectivity index (χ0n) is 13.6. The molecule has 0 spiro atoms. The number of nitrogens with one attached hydrogen (secondary N) is 2. The van der Waals surface area contributed by atoms with E-state index < -0.39 is 41.6 Å². The monoisotopic (exact) mass is 470 g/mol. The molecule has 14 heteroatoms. The molecule has 4 N–H and O–H groups in total. The Kier molecular flexibility index (Phi) is 7.11. The summed E-state index contributed by atoms with van der Waals surface area (Å²) in [4.78, 5) is 24.4. The quantitative estimate of drug-likeness (QED) is 0.267. The molecule has 4 rings (SSSR count). The van der Waals surface area contributed by atoms with Crippen molar-refractivity contribution in [2.45, 2.75) is 9.79 Å². The second-order valence-electron chi connectivity index (χ2n) is 6.02. The van der Waals surface area contributed by atoms with Gasteiger partial charge in [0.1, 0.15) is 11.4 Å². The van der Waals surface area contributed by atoms with E-state index >= 15 is 0 Å². The van der Waals surface area contributed by atoms with Crippen molar-refractivity contribution < 1.29 is 35.5 Å². The summed E-state index contributed by atoms with van der Waals surface area (Å²) < 4.78 is 63.3. The summed E-state index contributed by atoms with van der Waals surface area (Å²) >= 11 is 0. The molecule has 0 radical (unpaired) electrons. The summed E-state index contributed by atoms with van der Waals surface area (Å²) in [6, 6.07) is 6.70. The normalized spacial score (nSPS) is 17.3. The average molecular weight is 470 g/mol. The fourth-order valence-electron chi connectivity index (χ4n) is 2.97. The van der Waals surface area contributed by atoms with Gasteiger partial charge in [-0.1, -0.05) is 0 Å². The molecule has 0 saturated carbocycles. The SMILES string of the molecule is O=C1/C(=C2\Nc3ccc(S(=O)(=O)O)cc3C2=O)Nc2ccc(S(=O)(=O)O)cc21.[NaH].[NaH]. The predicted molar refractivity (Wildman–Crippen MR) is 110 cm³/mol. The van der Waals surface area contributed by atoms with Gasteiger partial charge in [-0.3, -0.25) is 18.7 Å². The molecule has 0 unspecified atom stereocenters. The van der Waals surface area contributed by atoms with E-state index in [2.05, 4.69) is 10.6 Å². The first-order chi connectivity index (χ1) is 13.0. The Morgan fingerprint density at radius 1 is 0.633 bits per heavy atom. The van der Waals surface area contributed by atoms with Gasteiger partial charge in [-0.05, 0) is 36.4 Å². The van der Waals surface area contributed by atoms with E-state index in [1.165, 1.54) is 12.1 Å². The van der Waals surface area contributed by atoms with Crippen LogP contribution in [0.2, 0.25) is 0 Å². The molecule has 2 aromatic rings. The predicted octanol–water partition coefficient (Wildman–Crippen LogP) is 0.0112. The number of hydrogen-bond donors (Lipinski definition) is 4. The number of ketones is 2. The number of Topliss-reactive ketones (excluding diaryl/α,β-unsaturated/α-hetero) is 2. The minimum atomic E-state index is -4.52. The van der Waals surface area contributed by atoms with E-state index in [-0.39, 0.29) is 93.0 Å². The molecule has 2 aliphatic heterocycles. The number of carbonyl (C=O) groups is 2. The molecule has 0 atom stereocenters. The van der Waals surface area contributed by atoms with E-state index in [1.807, 2.05) is 0 Å². The molecular weight excluding hydrogens is 458 g/mol. The second kappa shape index (κ2) is 8.47. The van der Waals surface area contributed by atoms with Crippen LogP contribution in [0.3, 0.4) is 0 Å². The van der Waals surface area contributed by atoms with E-state index in [0.717, 1.165) is 24.3 Å². The molecule has 0 fully saturated rings. The van der Waals surface area contributed by atoms with E-state index in [0.29, 0.717) is 0 Å². The van der Waals surface area contributed by atoms with Crippen molar-refractivity contribution in [3.8, 4) is 0 Å². The van der Waals surface area contributed by atoms with Crippen molar-refractivity contribution in [1.29, 1.82) is 0 Å². The fourth-order valence-corrected chi connectivity index (χ4v) is 3.98. The number of anilines is 2. The van der Waals surface area contributed by atoms with Crippen LogP contribution in [0.5, 0.6) is 0 Å². The first kappa shape index (κ1) is 25.2. The van der Waals surface area contributed by atoms with Crippen LogP contribution in [0.25, 0.3) is 0 Å². The van der Waals surface area contributed by atoms with Gasteiger partial charge in [0.2, 0.25) is 11.6 Å². The molecule has 0 amide bonds. The minimum absolute atomic E-state index is 0. The molecule has 0 aromatic heterocycles. The number of hydrogen-bond acceptors (Lipinski definition) is 8. The zero-order valence-corrected chi connectivity index (χ0v) is 15.3. The third-order valence-corrected chi connectivity index (χ3v) is 5.99. The Morgan fingerprint density at radius 2 is 0.967 bits per heavy atom. The molecular formula is C16H12N2Na2O8S2. The average Bonchev–Trinajstić information content (AvgIpc) is 3.10. The van der Waals surface area contributed by atoms with Crippen LogP contribution in [0.15, 0.2) is 57.6 Å². The van der Waals surface area contributed by atoms with Crippen LogP contribution in [0, 0.1) is 0 Å². The van der Waals surface area contributed by atoms with Crippen LogP contribution in [0.4, 0.5) is 11.4 Å². The Morgan fingerprint density at radius 3 is 1.27 bits per heavy atom. The Balaban J connectivity index is 0.00000160. The fraction of sp³-hybridized carbons (Fsp3) is 0. The third kappa shape index (κ3) is 4.30. The summed E-state index contributed by atoms with van der Waals surface area (Å²) in [5.41, 5.74) is 0.0611. The number of carbonyl (C=O) groups excluding carboxylic acids is 2. The number of benzene rings is 2. The van der Waals surface area contributed by atoms with Gasteiger partial charge in [-0.25, -0.2) is 0 Å². The van der Waals surface area contributed by atoms with Crippen molar-refractivity contribution in [2.24, 2.45) is 0 Å². The summed E-state index contributed by atoms with van der Waals surface area (Å²) in [5.74, 6) is -1.36. The van der Waals surface area contributed by atoms with E-state index in [9.17, 15) is 26.4 Å². The Hall–Kier alpha value is -1.06. The van der Waals surface area contributed by atoms with Crippen LogP contribution >= 0.6 is 0 Å². The summed E-state index contributed by atoms with van der Waals surface area (Å²) in [5, 5.41) is 5.44. The van der Waals surface area contributed by atoms with Crippen molar-refractivity contribution in [1.82, 2.24) is 0 Å². The van der Waals surface area contributed by atoms with Crippen LogP contribution in [0.1, 0.15) is 20.7 Å². The Labute approximate surface area is 215 Å². The molecule has 0 aliphatic carbocycles. The molecule has 2 aromatic carbocycles. The Bertz CT molecular complexity index is 1250. The van der Waals surface area contributed by atoms with Gasteiger partial charge in [-0.2, -0.15) is 16.8 Å². The van der Waals surface area contributed by atoms with Crippen LogP contribution < -0.4 is 10.6 Å². The van der Waals surface area contributed by atoms with Crippen LogP contribution in [-0.4, -0.2) is 96.6 Å². The molecule has 10 nitrogen and oxygen atoms in total. The van der Waals surface area contributed by atoms with Crippen molar-refractivity contribution in [3.05, 3.63) is 58.9 Å². The van der Waals surface area contributed by atoms with Gasteiger partial charge >= 0.3 is 59.1 Å². The van der Waals surface area contributed by atoms with E-state index in [4.69, 9.17) is 9.11 Å². The molecule has 0 saturated heterocycles.